The molecule has 0 bridgehead atoms. The van der Waals surface area contributed by atoms with E-state index in [1.54, 1.807) is 6.26 Å². The zero-order valence-corrected chi connectivity index (χ0v) is 11.8. The van der Waals surface area contributed by atoms with Gasteiger partial charge in [-0.05, 0) is 24.1 Å². The highest BCUT2D eigenvalue weighted by Crippen LogP contribution is 2.32. The van der Waals surface area contributed by atoms with E-state index in [-0.39, 0.29) is 5.78 Å². The fraction of sp³-hybridized carbons (Fsp3) is 0.286. The molecule has 98 valence electrons. The summed E-state index contributed by atoms with van der Waals surface area (Å²) in [4.78, 5) is 15.6. The van der Waals surface area contributed by atoms with Crippen LogP contribution in [0.15, 0.2) is 33.7 Å². The molecule has 0 unspecified atom stereocenters. The van der Waals surface area contributed by atoms with Crippen LogP contribution in [0.1, 0.15) is 23.2 Å². The van der Waals surface area contributed by atoms with Gasteiger partial charge < -0.3 is 9.15 Å². The van der Waals surface area contributed by atoms with Gasteiger partial charge in [0.05, 0.1) is 0 Å². The number of hydrogen-bond donors (Lipinski definition) is 0. The molecule has 3 rings (SSSR count). The Morgan fingerprint density at radius 2 is 2.26 bits per heavy atom. The molecule has 1 aromatic carbocycles. The van der Waals surface area contributed by atoms with Crippen LogP contribution in [0.4, 0.5) is 0 Å². The molecule has 0 spiro atoms. The normalized spacial score (nSPS) is 14.3. The van der Waals surface area contributed by atoms with E-state index in [9.17, 15) is 4.79 Å². The summed E-state index contributed by atoms with van der Waals surface area (Å²) in [6, 6.07) is 3.96. The molecule has 0 atom stereocenters. The zero-order valence-electron chi connectivity index (χ0n) is 10.2. The summed E-state index contributed by atoms with van der Waals surface area (Å²) in [5.74, 6) is 1.02. The number of carbonyl (C=O) groups is 1. The molecule has 0 N–H and O–H groups in total. The molecule has 0 amide bonds. The van der Waals surface area contributed by atoms with Gasteiger partial charge in [0.25, 0.3) is 0 Å². The molecule has 1 aliphatic carbocycles. The van der Waals surface area contributed by atoms with Crippen LogP contribution in [0.5, 0.6) is 5.75 Å². The Kier molecular flexibility index (Phi) is 3.38. The third-order valence-electron chi connectivity index (χ3n) is 3.17. The molecule has 0 fully saturated rings. The number of fused-ring (bicyclic) bond motifs is 1. The van der Waals surface area contributed by atoms with Gasteiger partial charge in [-0.3, -0.25) is 4.79 Å². The van der Waals surface area contributed by atoms with Crippen molar-refractivity contribution >= 4 is 21.7 Å². The Hall–Kier alpha value is -1.62. The smallest absolute Gasteiger partial charge is 0.180 e. The number of nitrogens with zero attached hydrogens (tertiary/aromatic N) is 1. The molecule has 0 aliphatic heterocycles. The third-order valence-corrected chi connectivity index (χ3v) is 3.63. The van der Waals surface area contributed by atoms with Crippen molar-refractivity contribution in [3.05, 3.63) is 46.1 Å². The lowest BCUT2D eigenvalue weighted by atomic mass is 9.90. The van der Waals surface area contributed by atoms with E-state index < -0.39 is 0 Å². The summed E-state index contributed by atoms with van der Waals surface area (Å²) < 4.78 is 11.6. The summed E-state index contributed by atoms with van der Waals surface area (Å²) >= 11 is 3.48. The molecule has 2 aromatic rings. The highest BCUT2D eigenvalue weighted by atomic mass is 79.9. The Morgan fingerprint density at radius 3 is 3.05 bits per heavy atom. The standard InChI is InChI=1S/C14H12BrNO3/c15-10-3-9-1-2-12(17)5-13(9)14(4-10)19-7-11-6-18-8-16-11/h3-4,6,8H,1-2,5,7H2. The Labute approximate surface area is 118 Å². The summed E-state index contributed by atoms with van der Waals surface area (Å²) in [6.07, 6.45) is 4.78. The summed E-state index contributed by atoms with van der Waals surface area (Å²) in [6.45, 7) is 0.341. The largest absolute Gasteiger partial charge is 0.487 e. The molecule has 4 nitrogen and oxygen atoms in total. The lowest BCUT2D eigenvalue weighted by molar-refractivity contribution is -0.118. The van der Waals surface area contributed by atoms with E-state index in [4.69, 9.17) is 9.15 Å². The number of ether oxygens (including phenoxy) is 1. The molecule has 1 aromatic heterocycles. The second kappa shape index (κ2) is 5.17. The number of benzene rings is 1. The number of carbonyl (C=O) groups excluding carboxylic acids is 1. The maximum Gasteiger partial charge on any atom is 0.180 e. The molecule has 19 heavy (non-hydrogen) atoms. The maximum atomic E-state index is 11.6. The Bertz CT molecular complexity index is 607. The molecular formula is C14H12BrNO3. The van der Waals surface area contributed by atoms with Crippen LogP contribution in [0, 0.1) is 0 Å². The third kappa shape index (κ3) is 2.71. The summed E-state index contributed by atoms with van der Waals surface area (Å²) in [7, 11) is 0. The SMILES string of the molecule is O=C1CCc2cc(Br)cc(OCc3cocn3)c2C1. The first kappa shape index (κ1) is 12.4. The first-order chi connectivity index (χ1) is 9.22. The number of aromatic nitrogens is 1. The van der Waals surface area contributed by atoms with Crippen LogP contribution in [0.2, 0.25) is 0 Å². The highest BCUT2D eigenvalue weighted by Gasteiger charge is 2.20. The first-order valence-electron chi connectivity index (χ1n) is 6.05. The van der Waals surface area contributed by atoms with Crippen molar-refractivity contribution in [2.45, 2.75) is 25.9 Å². The molecule has 0 saturated heterocycles. The van der Waals surface area contributed by atoms with Crippen molar-refractivity contribution < 1.29 is 13.9 Å². The zero-order chi connectivity index (χ0) is 13.2. The Morgan fingerprint density at radius 1 is 1.37 bits per heavy atom. The van der Waals surface area contributed by atoms with E-state index in [0.29, 0.717) is 19.4 Å². The minimum absolute atomic E-state index is 0.265. The van der Waals surface area contributed by atoms with Crippen molar-refractivity contribution in [3.8, 4) is 5.75 Å². The Balaban J connectivity index is 1.87. The number of halogens is 1. The first-order valence-corrected chi connectivity index (χ1v) is 6.84. The van der Waals surface area contributed by atoms with Gasteiger partial charge in [0, 0.05) is 22.9 Å². The van der Waals surface area contributed by atoms with Gasteiger partial charge in [-0.2, -0.15) is 0 Å². The summed E-state index contributed by atoms with van der Waals surface area (Å²) in [5, 5.41) is 0. The second-order valence-electron chi connectivity index (χ2n) is 4.53. The molecule has 1 aliphatic rings. The van der Waals surface area contributed by atoms with Gasteiger partial charge in [-0.25, -0.2) is 4.98 Å². The number of oxazole rings is 1. The lowest BCUT2D eigenvalue weighted by Crippen LogP contribution is -2.15. The van der Waals surface area contributed by atoms with Gasteiger partial charge in [0.15, 0.2) is 6.39 Å². The lowest BCUT2D eigenvalue weighted by Gasteiger charge is -2.19. The maximum absolute atomic E-state index is 11.6. The van der Waals surface area contributed by atoms with E-state index in [1.807, 2.05) is 6.07 Å². The average molecular weight is 322 g/mol. The van der Waals surface area contributed by atoms with Gasteiger partial charge in [-0.15, -0.1) is 0 Å². The van der Waals surface area contributed by atoms with Crippen LogP contribution in [-0.2, 0) is 24.2 Å². The van der Waals surface area contributed by atoms with Crippen molar-refractivity contribution in [2.75, 3.05) is 0 Å². The van der Waals surface area contributed by atoms with Gasteiger partial charge >= 0.3 is 0 Å². The molecule has 0 saturated carbocycles. The second-order valence-corrected chi connectivity index (χ2v) is 5.44. The van der Waals surface area contributed by atoms with Crippen molar-refractivity contribution in [3.63, 3.8) is 0 Å². The van der Waals surface area contributed by atoms with Gasteiger partial charge in [0.2, 0.25) is 0 Å². The van der Waals surface area contributed by atoms with Crippen molar-refractivity contribution in [1.29, 1.82) is 0 Å². The predicted molar refractivity (Wildman–Crippen MR) is 72.0 cm³/mol. The number of Topliss-reactive ketones (excluding diaryl/α,β-unsaturated/α-hetero) is 1. The highest BCUT2D eigenvalue weighted by molar-refractivity contribution is 9.10. The van der Waals surface area contributed by atoms with E-state index in [0.717, 1.165) is 27.9 Å². The van der Waals surface area contributed by atoms with Crippen molar-refractivity contribution in [1.82, 2.24) is 4.98 Å². The van der Waals surface area contributed by atoms with Crippen LogP contribution in [0.3, 0.4) is 0 Å². The quantitative estimate of drug-likeness (QED) is 0.871. The van der Waals surface area contributed by atoms with Gasteiger partial charge in [-0.1, -0.05) is 15.9 Å². The monoisotopic (exact) mass is 321 g/mol. The number of rotatable bonds is 3. The van der Waals surface area contributed by atoms with Crippen LogP contribution < -0.4 is 4.74 Å². The summed E-state index contributed by atoms with van der Waals surface area (Å²) in [5.41, 5.74) is 2.92. The number of ketones is 1. The van der Waals surface area contributed by atoms with Crippen LogP contribution >= 0.6 is 15.9 Å². The van der Waals surface area contributed by atoms with Crippen LogP contribution in [-0.4, -0.2) is 10.8 Å². The van der Waals surface area contributed by atoms with Crippen LogP contribution in [0.25, 0.3) is 0 Å². The minimum atomic E-state index is 0.265. The fourth-order valence-corrected chi connectivity index (χ4v) is 2.72. The number of hydrogen-bond acceptors (Lipinski definition) is 4. The average Bonchev–Trinajstić information content (AvgIpc) is 2.89. The van der Waals surface area contributed by atoms with Crippen molar-refractivity contribution in [2.24, 2.45) is 0 Å². The van der Waals surface area contributed by atoms with Gasteiger partial charge in [0.1, 0.15) is 30.1 Å². The van der Waals surface area contributed by atoms with E-state index in [2.05, 4.69) is 27.0 Å². The minimum Gasteiger partial charge on any atom is -0.487 e. The predicted octanol–water partition coefficient (Wildman–Crippen LogP) is 3.07. The molecule has 0 radical (unpaired) electrons. The molecule has 1 heterocycles. The number of aryl methyl sites for hydroxylation is 1. The van der Waals surface area contributed by atoms with E-state index in [1.165, 1.54) is 12.0 Å². The topological polar surface area (TPSA) is 52.3 Å². The molecule has 5 heteroatoms. The molecular weight excluding hydrogens is 310 g/mol. The fourth-order valence-electron chi connectivity index (χ4n) is 2.24. The van der Waals surface area contributed by atoms with E-state index >= 15 is 0 Å².